The summed E-state index contributed by atoms with van der Waals surface area (Å²) in [6.07, 6.45) is -3.42. The summed E-state index contributed by atoms with van der Waals surface area (Å²) >= 11 is 6.36. The number of halogens is 4. The predicted octanol–water partition coefficient (Wildman–Crippen LogP) is 4.03. The van der Waals surface area contributed by atoms with Gasteiger partial charge >= 0.3 is 6.18 Å². The van der Waals surface area contributed by atoms with Crippen LogP contribution >= 0.6 is 11.6 Å². The number of benzene rings is 2. The number of amides is 1. The van der Waals surface area contributed by atoms with Crippen LogP contribution in [0.1, 0.15) is 16.1 Å². The normalized spacial score (nSPS) is 14.5. The fourth-order valence-corrected chi connectivity index (χ4v) is 3.60. The average Bonchev–Trinajstić information content (AvgIpc) is 3.24. The number of nitrogens with one attached hydrogen (secondary N) is 1. The number of alkyl halides is 3. The maximum Gasteiger partial charge on any atom is 0.418 e. The van der Waals surface area contributed by atoms with E-state index in [2.05, 4.69) is 15.6 Å². The van der Waals surface area contributed by atoms with Gasteiger partial charge in [0.1, 0.15) is 0 Å². The van der Waals surface area contributed by atoms with Crippen molar-refractivity contribution in [2.24, 2.45) is 0 Å². The standard InChI is InChI=1S/C20H17ClF3N5O2/c21-14-5-3-6-15(18(14)28-8-10-31-11-9-28)25-19(30)16-12-29(27-26-16)17-7-2-1-4-13(17)20(22,23)24/h1-7,12H,8-11H2,(H,25,30). The molecule has 4 rings (SSSR count). The third-order valence-electron chi connectivity index (χ3n) is 4.74. The second-order valence-corrected chi connectivity index (χ2v) is 7.16. The highest BCUT2D eigenvalue weighted by Gasteiger charge is 2.34. The number of para-hydroxylation sites is 2. The van der Waals surface area contributed by atoms with Crippen LogP contribution in [0.15, 0.2) is 48.7 Å². The van der Waals surface area contributed by atoms with Crippen LogP contribution in [-0.2, 0) is 10.9 Å². The Morgan fingerprint density at radius 1 is 1.10 bits per heavy atom. The second-order valence-electron chi connectivity index (χ2n) is 6.75. The molecule has 1 aliphatic heterocycles. The molecule has 1 aliphatic rings. The van der Waals surface area contributed by atoms with Gasteiger partial charge < -0.3 is 15.0 Å². The molecule has 162 valence electrons. The van der Waals surface area contributed by atoms with Crippen molar-refractivity contribution in [3.8, 4) is 5.69 Å². The van der Waals surface area contributed by atoms with Crippen LogP contribution in [0.2, 0.25) is 5.02 Å². The molecule has 1 fully saturated rings. The van der Waals surface area contributed by atoms with Gasteiger partial charge in [0.2, 0.25) is 0 Å². The first-order chi connectivity index (χ1) is 14.8. The maximum absolute atomic E-state index is 13.3. The molecule has 0 spiro atoms. The number of nitrogens with zero attached hydrogens (tertiary/aromatic N) is 4. The van der Waals surface area contributed by atoms with Crippen molar-refractivity contribution in [3.05, 3.63) is 64.9 Å². The number of aromatic nitrogens is 3. The van der Waals surface area contributed by atoms with Crippen molar-refractivity contribution in [3.63, 3.8) is 0 Å². The van der Waals surface area contributed by atoms with E-state index >= 15 is 0 Å². The molecule has 1 N–H and O–H groups in total. The van der Waals surface area contributed by atoms with Gasteiger partial charge in [0.25, 0.3) is 5.91 Å². The van der Waals surface area contributed by atoms with Gasteiger partial charge in [-0.2, -0.15) is 13.2 Å². The largest absolute Gasteiger partial charge is 0.418 e. The van der Waals surface area contributed by atoms with Crippen molar-refractivity contribution >= 4 is 28.9 Å². The third-order valence-corrected chi connectivity index (χ3v) is 5.05. The molecule has 0 aliphatic carbocycles. The molecule has 0 unspecified atom stereocenters. The predicted molar refractivity (Wildman–Crippen MR) is 109 cm³/mol. The molecule has 11 heteroatoms. The second kappa shape index (κ2) is 8.56. The van der Waals surface area contributed by atoms with E-state index in [0.717, 1.165) is 16.9 Å². The molecule has 0 radical (unpaired) electrons. The van der Waals surface area contributed by atoms with Crippen LogP contribution in [0, 0.1) is 0 Å². The first kappa shape index (κ1) is 21.1. The molecule has 31 heavy (non-hydrogen) atoms. The number of carbonyl (C=O) groups is 1. The van der Waals surface area contributed by atoms with Crippen molar-refractivity contribution in [1.29, 1.82) is 0 Å². The summed E-state index contributed by atoms with van der Waals surface area (Å²) < 4.78 is 46.1. The summed E-state index contributed by atoms with van der Waals surface area (Å²) in [7, 11) is 0. The summed E-state index contributed by atoms with van der Waals surface area (Å²) in [5.74, 6) is -0.618. The lowest BCUT2D eigenvalue weighted by Crippen LogP contribution is -2.37. The van der Waals surface area contributed by atoms with Gasteiger partial charge in [-0.3, -0.25) is 4.79 Å². The van der Waals surface area contributed by atoms with E-state index in [1.54, 1.807) is 18.2 Å². The quantitative estimate of drug-likeness (QED) is 0.648. The average molecular weight is 452 g/mol. The van der Waals surface area contributed by atoms with Gasteiger partial charge in [0, 0.05) is 13.1 Å². The Bertz CT molecular complexity index is 1100. The summed E-state index contributed by atoms with van der Waals surface area (Å²) in [4.78, 5) is 14.7. The van der Waals surface area contributed by atoms with Gasteiger partial charge in [0.15, 0.2) is 5.69 Å². The Kier molecular flexibility index (Phi) is 5.84. The summed E-state index contributed by atoms with van der Waals surface area (Å²) in [5.41, 5.74) is -0.125. The highest BCUT2D eigenvalue weighted by atomic mass is 35.5. The van der Waals surface area contributed by atoms with Crippen LogP contribution in [0.5, 0.6) is 0 Å². The molecule has 7 nitrogen and oxygen atoms in total. The Morgan fingerprint density at radius 2 is 1.84 bits per heavy atom. The van der Waals surface area contributed by atoms with Gasteiger partial charge in [-0.15, -0.1) is 5.10 Å². The number of anilines is 2. The zero-order valence-electron chi connectivity index (χ0n) is 16.1. The monoisotopic (exact) mass is 451 g/mol. The highest BCUT2D eigenvalue weighted by Crippen LogP contribution is 2.35. The fourth-order valence-electron chi connectivity index (χ4n) is 3.31. The molecule has 0 bridgehead atoms. The van der Waals surface area contributed by atoms with E-state index < -0.39 is 17.6 Å². The number of morpholine rings is 1. The molecular weight excluding hydrogens is 435 g/mol. The minimum absolute atomic E-state index is 0.134. The van der Waals surface area contributed by atoms with Gasteiger partial charge in [-0.05, 0) is 24.3 Å². The lowest BCUT2D eigenvalue weighted by atomic mass is 10.1. The fraction of sp³-hybridized carbons (Fsp3) is 0.250. The minimum Gasteiger partial charge on any atom is -0.378 e. The SMILES string of the molecule is O=C(Nc1cccc(Cl)c1N1CCOCC1)c1cn(-c2ccccc2C(F)(F)F)nn1. The van der Waals surface area contributed by atoms with E-state index in [1.165, 1.54) is 18.2 Å². The molecule has 0 saturated carbocycles. The lowest BCUT2D eigenvalue weighted by Gasteiger charge is -2.31. The topological polar surface area (TPSA) is 72.3 Å². The van der Waals surface area contributed by atoms with E-state index in [1.807, 2.05) is 4.90 Å². The summed E-state index contributed by atoms with van der Waals surface area (Å²) in [5, 5.41) is 10.6. The van der Waals surface area contributed by atoms with Crippen molar-refractivity contribution in [2.45, 2.75) is 6.18 Å². The summed E-state index contributed by atoms with van der Waals surface area (Å²) in [6.45, 7) is 2.28. The van der Waals surface area contributed by atoms with Crippen molar-refractivity contribution in [2.75, 3.05) is 36.5 Å². The first-order valence-electron chi connectivity index (χ1n) is 9.36. The van der Waals surface area contributed by atoms with E-state index in [4.69, 9.17) is 16.3 Å². The van der Waals surface area contributed by atoms with Crippen LogP contribution < -0.4 is 10.2 Å². The van der Waals surface area contributed by atoms with Crippen molar-refractivity contribution < 1.29 is 22.7 Å². The molecule has 1 aromatic heterocycles. The number of hydrogen-bond acceptors (Lipinski definition) is 5. The number of rotatable bonds is 4. The molecule has 2 aromatic carbocycles. The minimum atomic E-state index is -4.57. The molecule has 1 saturated heterocycles. The van der Waals surface area contributed by atoms with Crippen LogP contribution in [0.3, 0.4) is 0 Å². The molecule has 2 heterocycles. The molecule has 3 aromatic rings. The zero-order valence-corrected chi connectivity index (χ0v) is 16.8. The highest BCUT2D eigenvalue weighted by molar-refractivity contribution is 6.34. The van der Waals surface area contributed by atoms with Crippen LogP contribution in [0.25, 0.3) is 5.69 Å². The van der Waals surface area contributed by atoms with Gasteiger partial charge in [-0.25, -0.2) is 4.68 Å². The van der Waals surface area contributed by atoms with E-state index in [9.17, 15) is 18.0 Å². The lowest BCUT2D eigenvalue weighted by molar-refractivity contribution is -0.137. The maximum atomic E-state index is 13.3. The van der Waals surface area contributed by atoms with E-state index in [0.29, 0.717) is 42.7 Å². The van der Waals surface area contributed by atoms with Crippen molar-refractivity contribution in [1.82, 2.24) is 15.0 Å². The third kappa shape index (κ3) is 4.49. The summed E-state index contributed by atoms with van der Waals surface area (Å²) in [6, 6.07) is 10.0. The Labute approximate surface area is 180 Å². The Morgan fingerprint density at radius 3 is 2.58 bits per heavy atom. The Hall–Kier alpha value is -3.11. The van der Waals surface area contributed by atoms with Gasteiger partial charge in [-0.1, -0.05) is 35.0 Å². The van der Waals surface area contributed by atoms with E-state index in [-0.39, 0.29) is 11.4 Å². The number of ether oxygens (including phenoxy) is 1. The number of hydrogen-bond donors (Lipinski definition) is 1. The Balaban J connectivity index is 1.60. The molecular formula is C20H17ClF3N5O2. The van der Waals surface area contributed by atoms with Crippen LogP contribution in [0.4, 0.5) is 24.5 Å². The first-order valence-corrected chi connectivity index (χ1v) is 9.74. The van der Waals surface area contributed by atoms with Crippen LogP contribution in [-0.4, -0.2) is 47.2 Å². The molecule has 0 atom stereocenters. The zero-order chi connectivity index (χ0) is 22.0. The van der Waals surface area contributed by atoms with Gasteiger partial charge in [0.05, 0.1) is 47.1 Å². The smallest absolute Gasteiger partial charge is 0.378 e. The number of carbonyl (C=O) groups excluding carboxylic acids is 1. The molecule has 1 amide bonds.